The van der Waals surface area contributed by atoms with Crippen molar-refractivity contribution >= 4 is 21.6 Å². The van der Waals surface area contributed by atoms with Gasteiger partial charge in [0.05, 0.1) is 19.0 Å². The summed E-state index contributed by atoms with van der Waals surface area (Å²) in [5.74, 6) is 0.294. The molecule has 0 aliphatic carbocycles. The van der Waals surface area contributed by atoms with Crippen molar-refractivity contribution in [2.75, 3.05) is 32.0 Å². The zero-order valence-corrected chi connectivity index (χ0v) is 9.03. The van der Waals surface area contributed by atoms with Gasteiger partial charge in [0.1, 0.15) is 0 Å². The minimum absolute atomic E-state index is 0.0243. The van der Waals surface area contributed by atoms with E-state index in [1.165, 1.54) is 7.11 Å². The first-order chi connectivity index (χ1) is 6.12. The smallest absolute Gasteiger partial charge is 0.233 e. The SMILES string of the molecule is COCCONS(=O)(=O)CCCCl. The van der Waals surface area contributed by atoms with E-state index in [0.29, 0.717) is 18.9 Å². The van der Waals surface area contributed by atoms with Gasteiger partial charge in [-0.05, 0) is 6.42 Å². The average Bonchev–Trinajstić information content (AvgIpc) is 2.09. The molecule has 0 rings (SSSR count). The minimum atomic E-state index is -3.34. The topological polar surface area (TPSA) is 64.6 Å². The van der Waals surface area contributed by atoms with Crippen LogP contribution >= 0.6 is 11.6 Å². The Labute approximate surface area is 83.4 Å². The first kappa shape index (κ1) is 13.1. The average molecular weight is 232 g/mol. The molecule has 13 heavy (non-hydrogen) atoms. The van der Waals surface area contributed by atoms with Gasteiger partial charge in [0.25, 0.3) is 0 Å². The molecule has 0 saturated carbocycles. The van der Waals surface area contributed by atoms with Crippen molar-refractivity contribution in [2.45, 2.75) is 6.42 Å². The third-order valence-corrected chi connectivity index (χ3v) is 2.59. The van der Waals surface area contributed by atoms with Crippen LogP contribution in [-0.4, -0.2) is 40.4 Å². The van der Waals surface area contributed by atoms with E-state index in [1.807, 2.05) is 4.89 Å². The van der Waals surface area contributed by atoms with Crippen LogP contribution in [0.25, 0.3) is 0 Å². The number of methoxy groups -OCH3 is 1. The van der Waals surface area contributed by atoms with E-state index < -0.39 is 10.0 Å². The van der Waals surface area contributed by atoms with Crippen LogP contribution in [-0.2, 0) is 19.6 Å². The summed E-state index contributed by atoms with van der Waals surface area (Å²) in [6.07, 6.45) is 0.407. The number of sulfonamides is 1. The molecule has 0 atom stereocenters. The molecule has 0 heterocycles. The van der Waals surface area contributed by atoms with Crippen LogP contribution in [0.4, 0.5) is 0 Å². The molecule has 0 aromatic rings. The van der Waals surface area contributed by atoms with E-state index in [0.717, 1.165) is 0 Å². The zero-order chi connectivity index (χ0) is 10.2. The van der Waals surface area contributed by atoms with Gasteiger partial charge in [0.2, 0.25) is 10.0 Å². The number of hydrogen-bond donors (Lipinski definition) is 1. The second-order valence-corrected chi connectivity index (χ2v) is 4.47. The lowest BCUT2D eigenvalue weighted by Gasteiger charge is -2.05. The second kappa shape index (κ2) is 7.52. The summed E-state index contributed by atoms with van der Waals surface area (Å²) in [6, 6.07) is 0. The lowest BCUT2D eigenvalue weighted by molar-refractivity contribution is 0.0438. The summed E-state index contributed by atoms with van der Waals surface area (Å²) in [4.78, 5) is 6.59. The molecular formula is C6H14ClNO4S. The molecule has 0 aliphatic rings. The fourth-order valence-corrected chi connectivity index (χ4v) is 1.71. The molecule has 0 saturated heterocycles. The maximum Gasteiger partial charge on any atom is 0.233 e. The standard InChI is InChI=1S/C6H14ClNO4S/c1-11-4-5-12-8-13(9,10)6-2-3-7/h8H,2-6H2,1H3. The molecule has 5 nitrogen and oxygen atoms in total. The summed E-state index contributed by atoms with van der Waals surface area (Å²) in [5.41, 5.74) is 0. The quantitative estimate of drug-likeness (QED) is 0.366. The predicted molar refractivity (Wildman–Crippen MR) is 50.1 cm³/mol. The van der Waals surface area contributed by atoms with Crippen LogP contribution in [0.2, 0.25) is 0 Å². The van der Waals surface area contributed by atoms with E-state index in [1.54, 1.807) is 0 Å². The highest BCUT2D eigenvalue weighted by Gasteiger charge is 2.08. The monoisotopic (exact) mass is 231 g/mol. The van der Waals surface area contributed by atoms with E-state index in [4.69, 9.17) is 11.6 Å². The van der Waals surface area contributed by atoms with Crippen molar-refractivity contribution in [2.24, 2.45) is 0 Å². The van der Waals surface area contributed by atoms with Gasteiger partial charge in [-0.3, -0.25) is 4.84 Å². The molecule has 0 amide bonds. The lowest BCUT2D eigenvalue weighted by Crippen LogP contribution is -2.28. The minimum Gasteiger partial charge on any atom is -0.382 e. The molecule has 0 fully saturated rings. The fourth-order valence-electron chi connectivity index (χ4n) is 0.543. The second-order valence-electron chi connectivity index (χ2n) is 2.29. The maximum atomic E-state index is 11.0. The highest BCUT2D eigenvalue weighted by molar-refractivity contribution is 7.89. The Morgan fingerprint density at radius 1 is 1.38 bits per heavy atom. The van der Waals surface area contributed by atoms with Crippen molar-refractivity contribution in [3.63, 3.8) is 0 Å². The molecule has 0 aromatic carbocycles. The van der Waals surface area contributed by atoms with Gasteiger partial charge in [-0.1, -0.05) is 4.89 Å². The van der Waals surface area contributed by atoms with Crippen molar-refractivity contribution in [1.29, 1.82) is 0 Å². The van der Waals surface area contributed by atoms with Crippen LogP contribution in [0, 0.1) is 0 Å². The van der Waals surface area contributed by atoms with Gasteiger partial charge < -0.3 is 4.74 Å². The molecule has 0 spiro atoms. The van der Waals surface area contributed by atoms with Gasteiger partial charge in [-0.15, -0.1) is 11.6 Å². The van der Waals surface area contributed by atoms with Crippen molar-refractivity contribution in [1.82, 2.24) is 4.89 Å². The first-order valence-corrected chi connectivity index (χ1v) is 5.97. The fraction of sp³-hybridized carbons (Fsp3) is 1.00. The van der Waals surface area contributed by atoms with E-state index in [9.17, 15) is 8.42 Å². The summed E-state index contributed by atoms with van der Waals surface area (Å²) in [6.45, 7) is 0.536. The van der Waals surface area contributed by atoms with Crippen molar-refractivity contribution in [3.8, 4) is 0 Å². The van der Waals surface area contributed by atoms with E-state index in [-0.39, 0.29) is 12.4 Å². The number of nitrogens with one attached hydrogen (secondary N) is 1. The number of hydrogen-bond acceptors (Lipinski definition) is 4. The molecule has 0 aromatic heterocycles. The van der Waals surface area contributed by atoms with E-state index in [2.05, 4.69) is 9.57 Å². The Morgan fingerprint density at radius 3 is 2.62 bits per heavy atom. The molecule has 80 valence electrons. The molecule has 1 N–H and O–H groups in total. The van der Waals surface area contributed by atoms with Gasteiger partial charge in [-0.25, -0.2) is 8.42 Å². The molecule has 0 bridgehead atoms. The molecule has 0 aliphatic heterocycles. The summed E-state index contributed by atoms with van der Waals surface area (Å²) in [5, 5.41) is 0. The first-order valence-electron chi connectivity index (χ1n) is 3.78. The highest BCUT2D eigenvalue weighted by atomic mass is 35.5. The maximum absolute atomic E-state index is 11.0. The van der Waals surface area contributed by atoms with Crippen molar-refractivity contribution < 1.29 is 18.0 Å². The third-order valence-electron chi connectivity index (χ3n) is 1.12. The lowest BCUT2D eigenvalue weighted by atomic mass is 10.6. The third kappa shape index (κ3) is 8.45. The Balaban J connectivity index is 3.52. The summed E-state index contributed by atoms with van der Waals surface area (Å²) >= 11 is 5.34. The predicted octanol–water partition coefficient (Wildman–Crippen LogP) is 0.113. The Morgan fingerprint density at radius 2 is 2.08 bits per heavy atom. The van der Waals surface area contributed by atoms with Crippen LogP contribution in [0.15, 0.2) is 0 Å². The normalized spacial score (nSPS) is 11.8. The number of alkyl halides is 1. The van der Waals surface area contributed by atoms with Gasteiger partial charge in [0, 0.05) is 13.0 Å². The van der Waals surface area contributed by atoms with Crippen molar-refractivity contribution in [3.05, 3.63) is 0 Å². The Kier molecular flexibility index (Phi) is 7.59. The summed E-state index contributed by atoms with van der Waals surface area (Å²) < 4.78 is 26.7. The van der Waals surface area contributed by atoms with Gasteiger partial charge in [0.15, 0.2) is 0 Å². The van der Waals surface area contributed by atoms with E-state index >= 15 is 0 Å². The van der Waals surface area contributed by atoms with Gasteiger partial charge in [-0.2, -0.15) is 0 Å². The molecule has 0 unspecified atom stereocenters. The summed E-state index contributed by atoms with van der Waals surface area (Å²) in [7, 11) is -1.83. The van der Waals surface area contributed by atoms with Crippen LogP contribution < -0.4 is 4.89 Å². The zero-order valence-electron chi connectivity index (χ0n) is 7.45. The number of halogens is 1. The Bertz CT molecular complexity index is 207. The van der Waals surface area contributed by atoms with Crippen LogP contribution in [0.1, 0.15) is 6.42 Å². The molecule has 7 heteroatoms. The number of ether oxygens (including phenoxy) is 1. The van der Waals surface area contributed by atoms with Crippen LogP contribution in [0.5, 0.6) is 0 Å². The van der Waals surface area contributed by atoms with Gasteiger partial charge >= 0.3 is 0 Å². The molecule has 0 radical (unpaired) electrons. The Hall–Kier alpha value is 0.120. The van der Waals surface area contributed by atoms with Crippen LogP contribution in [0.3, 0.4) is 0 Å². The highest BCUT2D eigenvalue weighted by Crippen LogP contribution is 1.91. The number of rotatable bonds is 8. The largest absolute Gasteiger partial charge is 0.382 e. The molecular weight excluding hydrogens is 218 g/mol.